The van der Waals surface area contributed by atoms with Gasteiger partial charge in [0.25, 0.3) is 0 Å². The van der Waals surface area contributed by atoms with Gasteiger partial charge in [-0.1, -0.05) is 26.7 Å². The molecule has 0 heterocycles. The Hall–Kier alpha value is -0.0800. The van der Waals surface area contributed by atoms with E-state index in [1.807, 2.05) is 0 Å². The van der Waals surface area contributed by atoms with Crippen LogP contribution in [-0.2, 0) is 0 Å². The molecule has 0 aromatic rings. The molecule has 2 rings (SSSR count). The predicted molar refractivity (Wildman–Crippen MR) is 67.4 cm³/mol. The quantitative estimate of drug-likeness (QED) is 0.771. The van der Waals surface area contributed by atoms with Crippen LogP contribution < -0.4 is 5.32 Å². The van der Waals surface area contributed by atoms with Crippen molar-refractivity contribution in [3.05, 3.63) is 0 Å². The van der Waals surface area contributed by atoms with Gasteiger partial charge in [0.05, 0.1) is 5.60 Å². The summed E-state index contributed by atoms with van der Waals surface area (Å²) < 4.78 is 0. The van der Waals surface area contributed by atoms with Gasteiger partial charge in [-0.25, -0.2) is 0 Å². The Morgan fingerprint density at radius 2 is 2.06 bits per heavy atom. The fourth-order valence-electron chi connectivity index (χ4n) is 3.01. The van der Waals surface area contributed by atoms with Crippen LogP contribution in [0.5, 0.6) is 0 Å². The van der Waals surface area contributed by atoms with E-state index in [9.17, 15) is 5.11 Å². The highest BCUT2D eigenvalue weighted by Crippen LogP contribution is 2.48. The van der Waals surface area contributed by atoms with Gasteiger partial charge in [0.1, 0.15) is 0 Å². The summed E-state index contributed by atoms with van der Waals surface area (Å²) in [6, 6.07) is 0.550. The topological polar surface area (TPSA) is 32.3 Å². The summed E-state index contributed by atoms with van der Waals surface area (Å²) in [6.07, 6.45) is 7.11. The lowest BCUT2D eigenvalue weighted by molar-refractivity contribution is -0.0148. The fraction of sp³-hybridized carbons (Fsp3) is 1.00. The molecule has 2 heteroatoms. The third kappa shape index (κ3) is 2.78. The van der Waals surface area contributed by atoms with Gasteiger partial charge in [0, 0.05) is 12.6 Å². The zero-order valence-corrected chi connectivity index (χ0v) is 11.1. The minimum atomic E-state index is -0.433. The van der Waals surface area contributed by atoms with E-state index in [0.29, 0.717) is 17.4 Å². The zero-order chi connectivity index (χ0) is 11.8. The largest absolute Gasteiger partial charge is 0.389 e. The third-order valence-corrected chi connectivity index (χ3v) is 4.89. The fourth-order valence-corrected chi connectivity index (χ4v) is 3.01. The first-order valence-electron chi connectivity index (χ1n) is 6.89. The second-order valence-electron chi connectivity index (χ2n) is 6.68. The van der Waals surface area contributed by atoms with Crippen molar-refractivity contribution in [2.45, 2.75) is 70.9 Å². The Balaban J connectivity index is 1.79. The first-order chi connectivity index (χ1) is 7.44. The van der Waals surface area contributed by atoms with Crippen LogP contribution in [0.3, 0.4) is 0 Å². The highest BCUT2D eigenvalue weighted by molar-refractivity contribution is 4.98. The minimum Gasteiger partial charge on any atom is -0.389 e. The predicted octanol–water partition coefficient (Wildman–Crippen LogP) is 2.71. The maximum atomic E-state index is 10.5. The Labute approximate surface area is 99.8 Å². The number of hydrogen-bond acceptors (Lipinski definition) is 2. The first kappa shape index (κ1) is 12.4. The van der Waals surface area contributed by atoms with Crippen LogP contribution in [-0.4, -0.2) is 23.3 Å². The second-order valence-corrected chi connectivity index (χ2v) is 6.68. The van der Waals surface area contributed by atoms with Gasteiger partial charge < -0.3 is 10.4 Å². The highest BCUT2D eigenvalue weighted by atomic mass is 16.3. The summed E-state index contributed by atoms with van der Waals surface area (Å²) in [5.41, 5.74) is 0.0772. The third-order valence-electron chi connectivity index (χ3n) is 4.89. The molecule has 2 N–H and O–H groups in total. The summed E-state index contributed by atoms with van der Waals surface area (Å²) >= 11 is 0. The lowest BCUT2D eigenvalue weighted by atomic mass is 9.78. The van der Waals surface area contributed by atoms with Gasteiger partial charge >= 0.3 is 0 Å². The molecular weight excluding hydrogens is 198 g/mol. The van der Waals surface area contributed by atoms with Crippen molar-refractivity contribution in [1.29, 1.82) is 0 Å². The molecule has 0 saturated heterocycles. The molecular formula is C14H27NO. The van der Waals surface area contributed by atoms with Crippen LogP contribution in [0.2, 0.25) is 0 Å². The molecule has 2 aliphatic carbocycles. The maximum absolute atomic E-state index is 10.5. The molecule has 3 unspecified atom stereocenters. The summed E-state index contributed by atoms with van der Waals surface area (Å²) in [5.74, 6) is 0.687. The van der Waals surface area contributed by atoms with E-state index in [1.165, 1.54) is 25.7 Å². The van der Waals surface area contributed by atoms with Crippen LogP contribution in [0.25, 0.3) is 0 Å². The van der Waals surface area contributed by atoms with Crippen LogP contribution in [0, 0.1) is 11.3 Å². The molecule has 0 aromatic carbocycles. The molecule has 0 radical (unpaired) electrons. The van der Waals surface area contributed by atoms with Crippen LogP contribution in [0.15, 0.2) is 0 Å². The van der Waals surface area contributed by atoms with Crippen molar-refractivity contribution in [3.63, 3.8) is 0 Å². The summed E-state index contributed by atoms with van der Waals surface area (Å²) in [6.45, 7) is 7.66. The lowest BCUT2D eigenvalue weighted by Crippen LogP contribution is -2.48. The van der Waals surface area contributed by atoms with E-state index >= 15 is 0 Å². The van der Waals surface area contributed by atoms with E-state index in [1.54, 1.807) is 0 Å². The number of aliphatic hydroxyl groups is 1. The normalized spacial score (nSPS) is 39.4. The van der Waals surface area contributed by atoms with Gasteiger partial charge in [0.15, 0.2) is 0 Å². The number of rotatable bonds is 4. The molecule has 0 bridgehead atoms. The number of hydrogen-bond donors (Lipinski definition) is 2. The van der Waals surface area contributed by atoms with Gasteiger partial charge in [-0.05, 0) is 43.9 Å². The molecule has 0 aromatic heterocycles. The van der Waals surface area contributed by atoms with Crippen LogP contribution in [0.1, 0.15) is 59.3 Å². The zero-order valence-electron chi connectivity index (χ0n) is 11.1. The van der Waals surface area contributed by atoms with E-state index < -0.39 is 5.60 Å². The highest BCUT2D eigenvalue weighted by Gasteiger charge is 2.43. The maximum Gasteiger partial charge on any atom is 0.0774 e. The van der Waals surface area contributed by atoms with Gasteiger partial charge in [-0.3, -0.25) is 0 Å². The molecule has 2 saturated carbocycles. The lowest BCUT2D eigenvalue weighted by Gasteiger charge is -2.37. The minimum absolute atomic E-state index is 0.433. The summed E-state index contributed by atoms with van der Waals surface area (Å²) in [5, 5.41) is 14.1. The Morgan fingerprint density at radius 1 is 1.38 bits per heavy atom. The van der Waals surface area contributed by atoms with Crippen LogP contribution in [0.4, 0.5) is 0 Å². The first-order valence-corrected chi connectivity index (χ1v) is 6.89. The molecule has 0 amide bonds. The van der Waals surface area contributed by atoms with E-state index in [2.05, 4.69) is 26.1 Å². The number of nitrogens with one attached hydrogen (secondary N) is 1. The Bertz CT molecular complexity index is 249. The molecule has 2 aliphatic rings. The van der Waals surface area contributed by atoms with Crippen molar-refractivity contribution in [1.82, 2.24) is 5.32 Å². The molecule has 0 spiro atoms. The van der Waals surface area contributed by atoms with Gasteiger partial charge in [0.2, 0.25) is 0 Å². The molecule has 16 heavy (non-hydrogen) atoms. The molecule has 0 aliphatic heterocycles. The van der Waals surface area contributed by atoms with Crippen molar-refractivity contribution in [2.24, 2.45) is 11.3 Å². The molecule has 2 nitrogen and oxygen atoms in total. The molecule has 3 atom stereocenters. The summed E-state index contributed by atoms with van der Waals surface area (Å²) in [7, 11) is 0. The standard InChI is InChI=1S/C14H27NO/c1-11-5-4-6-14(16,9-11)10-15-12(2)13(3)7-8-13/h11-12,15-16H,4-10H2,1-3H3. The SMILES string of the molecule is CC1CCCC(O)(CNC(C)C2(C)CC2)C1. The second kappa shape index (κ2) is 4.30. The molecule has 94 valence electrons. The van der Waals surface area contributed by atoms with E-state index in [4.69, 9.17) is 0 Å². The monoisotopic (exact) mass is 225 g/mol. The van der Waals surface area contributed by atoms with E-state index in [0.717, 1.165) is 19.4 Å². The van der Waals surface area contributed by atoms with Crippen molar-refractivity contribution < 1.29 is 5.11 Å². The Kier molecular flexibility index (Phi) is 3.33. The van der Waals surface area contributed by atoms with Crippen molar-refractivity contribution >= 4 is 0 Å². The molecule has 2 fully saturated rings. The van der Waals surface area contributed by atoms with Crippen molar-refractivity contribution in [3.8, 4) is 0 Å². The average Bonchev–Trinajstić information content (AvgIpc) is 2.94. The average molecular weight is 225 g/mol. The van der Waals surface area contributed by atoms with Gasteiger partial charge in [-0.15, -0.1) is 0 Å². The van der Waals surface area contributed by atoms with Gasteiger partial charge in [-0.2, -0.15) is 0 Å². The Morgan fingerprint density at radius 3 is 2.62 bits per heavy atom. The van der Waals surface area contributed by atoms with Crippen LogP contribution >= 0.6 is 0 Å². The summed E-state index contributed by atoms with van der Waals surface area (Å²) in [4.78, 5) is 0. The smallest absolute Gasteiger partial charge is 0.0774 e. The van der Waals surface area contributed by atoms with E-state index in [-0.39, 0.29) is 0 Å². The van der Waals surface area contributed by atoms with Crippen molar-refractivity contribution in [2.75, 3.05) is 6.54 Å².